The van der Waals surface area contributed by atoms with Crippen molar-refractivity contribution < 1.29 is 9.72 Å². The van der Waals surface area contributed by atoms with Crippen LogP contribution < -0.4 is 5.32 Å². The SMILES string of the molecule is Cc1cc(C)c(NC(=O)CSc2n[nH]c(C)n2)c([N+](=O)[O-])c1. The first-order valence-electron chi connectivity index (χ1n) is 6.44. The highest BCUT2D eigenvalue weighted by atomic mass is 32.2. The number of aromatic nitrogens is 3. The van der Waals surface area contributed by atoms with E-state index in [1.165, 1.54) is 6.07 Å². The van der Waals surface area contributed by atoms with Gasteiger partial charge in [0.25, 0.3) is 5.69 Å². The van der Waals surface area contributed by atoms with Crippen LogP contribution in [0.5, 0.6) is 0 Å². The van der Waals surface area contributed by atoms with Gasteiger partial charge in [0, 0.05) is 6.07 Å². The summed E-state index contributed by atoms with van der Waals surface area (Å²) in [4.78, 5) is 26.7. The first-order chi connectivity index (χ1) is 10.4. The smallest absolute Gasteiger partial charge is 0.293 e. The third kappa shape index (κ3) is 3.82. The Morgan fingerprint density at radius 3 is 2.73 bits per heavy atom. The Labute approximate surface area is 130 Å². The van der Waals surface area contributed by atoms with Gasteiger partial charge in [0.15, 0.2) is 0 Å². The summed E-state index contributed by atoms with van der Waals surface area (Å²) in [7, 11) is 0. The number of carbonyl (C=O) groups is 1. The quantitative estimate of drug-likeness (QED) is 0.496. The number of hydrogen-bond acceptors (Lipinski definition) is 6. The number of thioether (sulfide) groups is 1. The van der Waals surface area contributed by atoms with E-state index in [0.29, 0.717) is 16.5 Å². The molecular formula is C13H15N5O3S. The monoisotopic (exact) mass is 321 g/mol. The molecular weight excluding hydrogens is 306 g/mol. The average Bonchev–Trinajstić information content (AvgIpc) is 2.84. The van der Waals surface area contributed by atoms with Crippen LogP contribution in [0.4, 0.5) is 11.4 Å². The van der Waals surface area contributed by atoms with E-state index in [0.717, 1.165) is 17.3 Å². The van der Waals surface area contributed by atoms with Gasteiger partial charge in [0.2, 0.25) is 11.1 Å². The summed E-state index contributed by atoms with van der Waals surface area (Å²) in [6.07, 6.45) is 0. The molecule has 0 saturated heterocycles. The number of nitrogens with one attached hydrogen (secondary N) is 2. The molecule has 0 fully saturated rings. The molecule has 0 saturated carbocycles. The highest BCUT2D eigenvalue weighted by Gasteiger charge is 2.19. The number of nitro groups is 1. The van der Waals surface area contributed by atoms with Crippen molar-refractivity contribution in [3.63, 3.8) is 0 Å². The lowest BCUT2D eigenvalue weighted by Crippen LogP contribution is -2.16. The summed E-state index contributed by atoms with van der Waals surface area (Å²) >= 11 is 1.16. The van der Waals surface area contributed by atoms with Gasteiger partial charge in [-0.15, -0.1) is 5.10 Å². The summed E-state index contributed by atoms with van der Waals surface area (Å²) in [6, 6.07) is 3.22. The van der Waals surface area contributed by atoms with Crippen molar-refractivity contribution in [1.82, 2.24) is 15.2 Å². The van der Waals surface area contributed by atoms with Crippen LogP contribution in [-0.2, 0) is 4.79 Å². The Kier molecular flexibility index (Phi) is 4.76. The molecule has 0 aliphatic rings. The van der Waals surface area contributed by atoms with Crippen LogP contribution >= 0.6 is 11.8 Å². The van der Waals surface area contributed by atoms with Crippen molar-refractivity contribution in [3.8, 4) is 0 Å². The van der Waals surface area contributed by atoms with Crippen LogP contribution in [0, 0.1) is 30.9 Å². The van der Waals surface area contributed by atoms with Crippen molar-refractivity contribution >= 4 is 29.0 Å². The predicted octanol–water partition coefficient (Wildman–Crippen LogP) is 2.37. The fourth-order valence-electron chi connectivity index (χ4n) is 1.94. The normalized spacial score (nSPS) is 10.5. The highest BCUT2D eigenvalue weighted by Crippen LogP contribution is 2.29. The molecule has 1 aromatic heterocycles. The highest BCUT2D eigenvalue weighted by molar-refractivity contribution is 7.99. The van der Waals surface area contributed by atoms with Crippen LogP contribution in [0.15, 0.2) is 17.3 Å². The minimum Gasteiger partial charge on any atom is -0.319 e. The molecule has 0 aliphatic carbocycles. The maximum atomic E-state index is 12.0. The third-order valence-corrected chi connectivity index (χ3v) is 3.68. The Morgan fingerprint density at radius 2 is 2.14 bits per heavy atom. The zero-order valence-electron chi connectivity index (χ0n) is 12.3. The summed E-state index contributed by atoms with van der Waals surface area (Å²) < 4.78 is 0. The molecule has 116 valence electrons. The van der Waals surface area contributed by atoms with Gasteiger partial charge in [-0.25, -0.2) is 4.98 Å². The molecule has 0 radical (unpaired) electrons. The molecule has 1 amide bonds. The molecule has 0 atom stereocenters. The summed E-state index contributed by atoms with van der Waals surface area (Å²) in [5.74, 6) is 0.386. The van der Waals surface area contributed by atoms with E-state index in [1.807, 2.05) is 0 Å². The van der Waals surface area contributed by atoms with E-state index in [-0.39, 0.29) is 23.0 Å². The largest absolute Gasteiger partial charge is 0.319 e. The molecule has 0 spiro atoms. The maximum absolute atomic E-state index is 12.0. The first-order valence-corrected chi connectivity index (χ1v) is 7.42. The molecule has 22 heavy (non-hydrogen) atoms. The van der Waals surface area contributed by atoms with Gasteiger partial charge < -0.3 is 5.32 Å². The zero-order chi connectivity index (χ0) is 16.3. The van der Waals surface area contributed by atoms with Gasteiger partial charge in [-0.2, -0.15) is 0 Å². The minimum absolute atomic E-state index is 0.0712. The standard InChI is InChI=1S/C13H15N5O3S/c1-7-4-8(2)12(10(5-7)18(20)21)15-11(19)6-22-13-14-9(3)16-17-13/h4-5H,6H2,1-3H3,(H,15,19)(H,14,16,17). The summed E-state index contributed by atoms with van der Waals surface area (Å²) in [6.45, 7) is 5.25. The van der Waals surface area contributed by atoms with Gasteiger partial charge in [-0.1, -0.05) is 17.8 Å². The van der Waals surface area contributed by atoms with Gasteiger partial charge in [-0.3, -0.25) is 20.0 Å². The van der Waals surface area contributed by atoms with E-state index >= 15 is 0 Å². The number of aromatic amines is 1. The van der Waals surface area contributed by atoms with Crippen LogP contribution in [-0.4, -0.2) is 31.8 Å². The zero-order valence-corrected chi connectivity index (χ0v) is 13.2. The molecule has 0 bridgehead atoms. The number of rotatable bonds is 5. The number of aryl methyl sites for hydroxylation is 3. The third-order valence-electron chi connectivity index (χ3n) is 2.83. The molecule has 2 rings (SSSR count). The number of H-pyrrole nitrogens is 1. The fraction of sp³-hybridized carbons (Fsp3) is 0.308. The molecule has 0 aliphatic heterocycles. The van der Waals surface area contributed by atoms with Crippen LogP contribution in [0.25, 0.3) is 0 Å². The van der Waals surface area contributed by atoms with Crippen molar-refractivity contribution in [2.24, 2.45) is 0 Å². The van der Waals surface area contributed by atoms with Crippen LogP contribution in [0.3, 0.4) is 0 Å². The van der Waals surface area contributed by atoms with Gasteiger partial charge in [0.05, 0.1) is 10.7 Å². The van der Waals surface area contributed by atoms with E-state index in [9.17, 15) is 14.9 Å². The lowest BCUT2D eigenvalue weighted by atomic mass is 10.1. The van der Waals surface area contributed by atoms with E-state index in [1.54, 1.807) is 26.8 Å². The second-order valence-corrected chi connectivity index (χ2v) is 5.72. The Balaban J connectivity index is 2.09. The molecule has 0 unspecified atom stereocenters. The number of carbonyl (C=O) groups excluding carboxylic acids is 1. The number of nitro benzene ring substituents is 1. The molecule has 1 aromatic carbocycles. The van der Waals surface area contributed by atoms with Crippen LogP contribution in [0.2, 0.25) is 0 Å². The van der Waals surface area contributed by atoms with Crippen molar-refractivity contribution in [2.75, 3.05) is 11.1 Å². The molecule has 9 heteroatoms. The lowest BCUT2D eigenvalue weighted by Gasteiger charge is -2.09. The first kappa shape index (κ1) is 16.0. The van der Waals surface area contributed by atoms with Gasteiger partial charge >= 0.3 is 0 Å². The second kappa shape index (κ2) is 6.56. The molecule has 2 N–H and O–H groups in total. The molecule has 8 nitrogen and oxygen atoms in total. The second-order valence-electron chi connectivity index (χ2n) is 4.77. The molecule has 1 heterocycles. The van der Waals surface area contributed by atoms with E-state index in [2.05, 4.69) is 20.5 Å². The number of anilines is 1. The topological polar surface area (TPSA) is 114 Å². The number of benzene rings is 1. The Bertz CT molecular complexity index is 728. The minimum atomic E-state index is -0.499. The Morgan fingerprint density at radius 1 is 1.41 bits per heavy atom. The van der Waals surface area contributed by atoms with Crippen LogP contribution in [0.1, 0.15) is 17.0 Å². The van der Waals surface area contributed by atoms with Gasteiger partial charge in [0.1, 0.15) is 11.5 Å². The number of hydrogen-bond donors (Lipinski definition) is 2. The molecule has 2 aromatic rings. The summed E-state index contributed by atoms with van der Waals surface area (Å²) in [5, 5.41) is 20.8. The lowest BCUT2D eigenvalue weighted by molar-refractivity contribution is -0.384. The number of nitrogens with zero attached hydrogens (tertiary/aromatic N) is 3. The van der Waals surface area contributed by atoms with Crippen molar-refractivity contribution in [1.29, 1.82) is 0 Å². The average molecular weight is 321 g/mol. The maximum Gasteiger partial charge on any atom is 0.293 e. The predicted molar refractivity (Wildman–Crippen MR) is 83.0 cm³/mol. The summed E-state index contributed by atoms with van der Waals surface area (Å²) in [5.41, 5.74) is 1.54. The fourth-order valence-corrected chi connectivity index (χ4v) is 2.59. The van der Waals surface area contributed by atoms with Crippen molar-refractivity contribution in [3.05, 3.63) is 39.2 Å². The Hall–Kier alpha value is -2.42. The van der Waals surface area contributed by atoms with Gasteiger partial charge in [-0.05, 0) is 31.9 Å². The van der Waals surface area contributed by atoms with Crippen molar-refractivity contribution in [2.45, 2.75) is 25.9 Å². The number of amides is 1. The van der Waals surface area contributed by atoms with E-state index in [4.69, 9.17) is 0 Å². The van der Waals surface area contributed by atoms with E-state index < -0.39 is 4.92 Å².